The van der Waals surface area contributed by atoms with Crippen LogP contribution in [-0.4, -0.2) is 18.5 Å². The third-order valence-electron chi connectivity index (χ3n) is 5.16. The van der Waals surface area contributed by atoms with E-state index in [0.29, 0.717) is 16.5 Å². The van der Waals surface area contributed by atoms with E-state index in [1.165, 1.54) is 16.9 Å². The average molecular weight is 423 g/mol. The number of rotatable bonds is 6. The molecule has 1 heterocycles. The van der Waals surface area contributed by atoms with Crippen molar-refractivity contribution in [2.45, 2.75) is 52.4 Å². The van der Waals surface area contributed by atoms with E-state index in [4.69, 9.17) is 4.74 Å². The second-order valence-corrected chi connectivity index (χ2v) is 8.69. The molecule has 0 spiro atoms. The Labute approximate surface area is 181 Å². The van der Waals surface area contributed by atoms with Gasteiger partial charge in [-0.25, -0.2) is 4.79 Å². The largest absolute Gasteiger partial charge is 0.462 e. The Morgan fingerprint density at radius 1 is 1.23 bits per heavy atom. The van der Waals surface area contributed by atoms with Gasteiger partial charge in [0.25, 0.3) is 5.91 Å². The number of fused-ring (bicyclic) bond motifs is 1. The van der Waals surface area contributed by atoms with Gasteiger partial charge < -0.3 is 10.1 Å². The van der Waals surface area contributed by atoms with E-state index in [-0.39, 0.29) is 12.2 Å². The third-order valence-corrected chi connectivity index (χ3v) is 6.36. The van der Waals surface area contributed by atoms with E-state index in [1.54, 1.807) is 13.0 Å². The zero-order valence-corrected chi connectivity index (χ0v) is 18.4. The maximum absolute atomic E-state index is 12.8. The van der Waals surface area contributed by atoms with Crippen LogP contribution in [0.1, 0.15) is 71.5 Å². The number of carbonyl (C=O) groups excluding carboxylic acids is 2. The number of anilines is 1. The minimum Gasteiger partial charge on any atom is -0.462 e. The molecule has 0 radical (unpaired) electrons. The van der Waals surface area contributed by atoms with Crippen molar-refractivity contribution in [2.75, 3.05) is 11.9 Å². The number of hydrogen-bond acceptors (Lipinski definition) is 5. The molecule has 6 heteroatoms. The first-order valence-electron chi connectivity index (χ1n) is 10.3. The van der Waals surface area contributed by atoms with Gasteiger partial charge in [0.15, 0.2) is 0 Å². The number of aryl methyl sites for hydroxylation is 1. The molecule has 5 nitrogen and oxygen atoms in total. The molecule has 3 rings (SSSR count). The molecule has 1 aliphatic rings. The third kappa shape index (κ3) is 4.80. The first-order chi connectivity index (χ1) is 14.4. The van der Waals surface area contributed by atoms with Gasteiger partial charge in [-0.2, -0.15) is 5.26 Å². The summed E-state index contributed by atoms with van der Waals surface area (Å²) in [5.41, 5.74) is 3.39. The van der Waals surface area contributed by atoms with Gasteiger partial charge >= 0.3 is 5.97 Å². The molecule has 1 aliphatic carbocycles. The molecule has 1 aromatic heterocycles. The molecule has 0 saturated carbocycles. The van der Waals surface area contributed by atoms with Crippen molar-refractivity contribution >= 4 is 34.3 Å². The Morgan fingerprint density at radius 3 is 2.57 bits per heavy atom. The molecule has 0 aliphatic heterocycles. The highest BCUT2D eigenvalue weighted by Crippen LogP contribution is 2.38. The van der Waals surface area contributed by atoms with Crippen molar-refractivity contribution in [3.8, 4) is 6.07 Å². The number of hydrogen-bond donors (Lipinski definition) is 1. The summed E-state index contributed by atoms with van der Waals surface area (Å²) in [6, 6.07) is 9.77. The van der Waals surface area contributed by atoms with Crippen LogP contribution in [-0.2, 0) is 22.4 Å². The van der Waals surface area contributed by atoms with Crippen LogP contribution in [0.5, 0.6) is 0 Å². The summed E-state index contributed by atoms with van der Waals surface area (Å²) in [7, 11) is 0. The Kier molecular flexibility index (Phi) is 7.07. The number of carbonyl (C=O) groups is 2. The van der Waals surface area contributed by atoms with E-state index in [2.05, 4.69) is 19.2 Å². The highest BCUT2D eigenvalue weighted by molar-refractivity contribution is 7.17. The van der Waals surface area contributed by atoms with E-state index >= 15 is 0 Å². The fourth-order valence-corrected chi connectivity index (χ4v) is 4.81. The van der Waals surface area contributed by atoms with E-state index in [9.17, 15) is 14.9 Å². The maximum Gasteiger partial charge on any atom is 0.341 e. The van der Waals surface area contributed by atoms with Crippen molar-refractivity contribution < 1.29 is 14.3 Å². The predicted octanol–water partition coefficient (Wildman–Crippen LogP) is 5.47. The Balaban J connectivity index is 1.87. The van der Waals surface area contributed by atoms with Gasteiger partial charge in [0.05, 0.1) is 12.2 Å². The fourth-order valence-electron chi connectivity index (χ4n) is 3.54. The van der Waals surface area contributed by atoms with Crippen LogP contribution >= 0.6 is 11.3 Å². The van der Waals surface area contributed by atoms with Crippen LogP contribution in [0.25, 0.3) is 6.08 Å². The fraction of sp³-hybridized carbons (Fsp3) is 0.375. The van der Waals surface area contributed by atoms with Gasteiger partial charge in [-0.1, -0.05) is 38.1 Å². The van der Waals surface area contributed by atoms with E-state index in [1.807, 2.05) is 30.3 Å². The molecule has 0 unspecified atom stereocenters. The number of thiophene rings is 1. The van der Waals surface area contributed by atoms with Gasteiger partial charge in [0.1, 0.15) is 16.6 Å². The summed E-state index contributed by atoms with van der Waals surface area (Å²) in [4.78, 5) is 26.5. The van der Waals surface area contributed by atoms with Crippen molar-refractivity contribution in [3.05, 3.63) is 57.0 Å². The summed E-state index contributed by atoms with van der Waals surface area (Å²) in [5.74, 6) is -0.526. The summed E-state index contributed by atoms with van der Waals surface area (Å²) in [6.45, 7) is 6.25. The number of nitriles is 1. The van der Waals surface area contributed by atoms with Crippen molar-refractivity contribution in [2.24, 2.45) is 0 Å². The number of ether oxygens (including phenoxy) is 1. The number of benzene rings is 1. The van der Waals surface area contributed by atoms with Gasteiger partial charge in [-0.3, -0.25) is 4.79 Å². The molecule has 0 fully saturated rings. The molecular weight excluding hydrogens is 396 g/mol. The standard InChI is InChI=1S/C24H26N2O3S/c1-4-29-24(28)21-19-7-5-6-8-20(19)30-23(21)26-22(27)18(14-25)13-16-9-11-17(12-10-16)15(2)3/h9-13,15H,4-8H2,1-3H3,(H,26,27)/b18-13-. The smallest absolute Gasteiger partial charge is 0.341 e. The zero-order valence-electron chi connectivity index (χ0n) is 17.6. The second-order valence-electron chi connectivity index (χ2n) is 7.58. The average Bonchev–Trinajstić information content (AvgIpc) is 3.10. The molecule has 1 amide bonds. The highest BCUT2D eigenvalue weighted by Gasteiger charge is 2.27. The van der Waals surface area contributed by atoms with Crippen LogP contribution in [0.2, 0.25) is 0 Å². The first kappa shape index (κ1) is 21.8. The van der Waals surface area contributed by atoms with Gasteiger partial charge in [0, 0.05) is 4.88 Å². The Morgan fingerprint density at radius 2 is 1.93 bits per heavy atom. The van der Waals surface area contributed by atoms with Gasteiger partial charge in [-0.15, -0.1) is 11.3 Å². The molecule has 0 atom stereocenters. The van der Waals surface area contributed by atoms with Crippen LogP contribution < -0.4 is 5.32 Å². The lowest BCUT2D eigenvalue weighted by molar-refractivity contribution is -0.112. The van der Waals surface area contributed by atoms with Crippen molar-refractivity contribution in [3.63, 3.8) is 0 Å². The summed E-state index contributed by atoms with van der Waals surface area (Å²) in [5, 5.41) is 12.8. The second kappa shape index (κ2) is 9.73. The monoisotopic (exact) mass is 422 g/mol. The van der Waals surface area contributed by atoms with Gasteiger partial charge in [-0.05, 0) is 61.3 Å². The number of nitrogens with zero attached hydrogens (tertiary/aromatic N) is 1. The first-order valence-corrected chi connectivity index (χ1v) is 11.1. The van der Waals surface area contributed by atoms with Crippen LogP contribution in [0.15, 0.2) is 29.8 Å². The van der Waals surface area contributed by atoms with E-state index < -0.39 is 11.9 Å². The van der Waals surface area contributed by atoms with Crippen molar-refractivity contribution in [1.82, 2.24) is 0 Å². The topological polar surface area (TPSA) is 79.2 Å². The minimum absolute atomic E-state index is 0.00604. The lowest BCUT2D eigenvalue weighted by Gasteiger charge is -2.12. The SMILES string of the molecule is CCOC(=O)c1c(NC(=O)/C(C#N)=C\c2ccc(C(C)C)cc2)sc2c1CCCC2. The highest BCUT2D eigenvalue weighted by atomic mass is 32.1. The summed E-state index contributed by atoms with van der Waals surface area (Å²) < 4.78 is 5.22. The van der Waals surface area contributed by atoms with Crippen LogP contribution in [0, 0.1) is 11.3 Å². The quantitative estimate of drug-likeness (QED) is 0.380. The van der Waals surface area contributed by atoms with E-state index in [0.717, 1.165) is 41.7 Å². The zero-order chi connectivity index (χ0) is 21.7. The molecule has 156 valence electrons. The molecule has 0 bridgehead atoms. The predicted molar refractivity (Wildman–Crippen MR) is 120 cm³/mol. The Bertz CT molecular complexity index is 1010. The van der Waals surface area contributed by atoms with Crippen LogP contribution in [0.3, 0.4) is 0 Å². The summed E-state index contributed by atoms with van der Waals surface area (Å²) in [6.07, 6.45) is 5.35. The molecule has 0 saturated heterocycles. The molecule has 1 N–H and O–H groups in total. The molecular formula is C24H26N2O3S. The van der Waals surface area contributed by atoms with Crippen LogP contribution in [0.4, 0.5) is 5.00 Å². The minimum atomic E-state index is -0.519. The molecule has 30 heavy (non-hydrogen) atoms. The summed E-state index contributed by atoms with van der Waals surface area (Å²) >= 11 is 1.41. The molecule has 1 aromatic carbocycles. The number of esters is 1. The Hall–Kier alpha value is -2.91. The maximum atomic E-state index is 12.8. The lowest BCUT2D eigenvalue weighted by Crippen LogP contribution is -2.16. The van der Waals surface area contributed by atoms with Gasteiger partial charge in [0.2, 0.25) is 0 Å². The molecule has 2 aromatic rings. The van der Waals surface area contributed by atoms with Crippen molar-refractivity contribution in [1.29, 1.82) is 5.26 Å². The lowest BCUT2D eigenvalue weighted by atomic mass is 9.95. The number of amides is 1. The number of nitrogens with one attached hydrogen (secondary N) is 1. The normalized spacial score (nSPS) is 13.5.